The van der Waals surface area contributed by atoms with E-state index in [1.807, 2.05) is 31.2 Å². The maximum Gasteiger partial charge on any atom is 0.142 e. The van der Waals surface area contributed by atoms with Crippen molar-refractivity contribution in [3.8, 4) is 5.75 Å². The Morgan fingerprint density at radius 1 is 1.16 bits per heavy atom. The maximum atomic E-state index is 5.90. The van der Waals surface area contributed by atoms with Crippen LogP contribution in [0, 0.1) is 6.92 Å². The molecule has 19 heavy (non-hydrogen) atoms. The number of para-hydroxylation sites is 2. The van der Waals surface area contributed by atoms with Gasteiger partial charge in [-0.05, 0) is 49.2 Å². The number of hydrogen-bond donors (Lipinski definition) is 1. The molecule has 0 saturated heterocycles. The van der Waals surface area contributed by atoms with Gasteiger partial charge in [-0.3, -0.25) is 0 Å². The molecule has 0 aliphatic carbocycles. The van der Waals surface area contributed by atoms with Gasteiger partial charge in [0.05, 0.1) is 12.3 Å². The molecule has 0 amide bonds. The van der Waals surface area contributed by atoms with E-state index in [0.29, 0.717) is 0 Å². The van der Waals surface area contributed by atoms with Crippen molar-refractivity contribution < 1.29 is 4.74 Å². The molecule has 98 valence electrons. The van der Waals surface area contributed by atoms with Gasteiger partial charge >= 0.3 is 0 Å². The highest BCUT2D eigenvalue weighted by atomic mass is 16.5. The fourth-order valence-electron chi connectivity index (χ4n) is 2.42. The molecule has 0 atom stereocenters. The van der Waals surface area contributed by atoms with E-state index >= 15 is 0 Å². The van der Waals surface area contributed by atoms with E-state index in [9.17, 15) is 0 Å². The van der Waals surface area contributed by atoms with Crippen molar-refractivity contribution in [1.82, 2.24) is 0 Å². The number of fused-ring (bicyclic) bond motifs is 1. The summed E-state index contributed by atoms with van der Waals surface area (Å²) < 4.78 is 5.79. The Balaban J connectivity index is 2.06. The molecule has 2 aromatic rings. The molecular formula is C16H18N2O. The van der Waals surface area contributed by atoms with Crippen LogP contribution in [-0.2, 0) is 0 Å². The summed E-state index contributed by atoms with van der Waals surface area (Å²) >= 11 is 0. The van der Waals surface area contributed by atoms with Gasteiger partial charge < -0.3 is 15.4 Å². The molecule has 1 aliphatic heterocycles. The summed E-state index contributed by atoms with van der Waals surface area (Å²) in [6.45, 7) is 3.76. The van der Waals surface area contributed by atoms with Crippen LogP contribution in [0.15, 0.2) is 42.5 Å². The Morgan fingerprint density at radius 2 is 2.00 bits per heavy atom. The van der Waals surface area contributed by atoms with Crippen LogP contribution >= 0.6 is 0 Å². The van der Waals surface area contributed by atoms with Crippen LogP contribution in [-0.4, -0.2) is 13.2 Å². The van der Waals surface area contributed by atoms with Crippen molar-refractivity contribution in [2.24, 2.45) is 0 Å². The van der Waals surface area contributed by atoms with Crippen LogP contribution in [0.4, 0.5) is 17.1 Å². The second-order valence-electron chi connectivity index (χ2n) is 4.86. The molecule has 0 unspecified atom stereocenters. The summed E-state index contributed by atoms with van der Waals surface area (Å²) in [5.41, 5.74) is 10.1. The monoisotopic (exact) mass is 254 g/mol. The fourth-order valence-corrected chi connectivity index (χ4v) is 2.42. The molecule has 1 aliphatic rings. The molecule has 3 rings (SSSR count). The lowest BCUT2D eigenvalue weighted by molar-refractivity contribution is 0.322. The first-order chi connectivity index (χ1) is 9.25. The first-order valence-corrected chi connectivity index (χ1v) is 6.61. The van der Waals surface area contributed by atoms with Crippen molar-refractivity contribution >= 4 is 17.1 Å². The number of nitrogens with zero attached hydrogens (tertiary/aromatic N) is 1. The molecule has 2 aromatic carbocycles. The molecule has 2 N–H and O–H groups in total. The van der Waals surface area contributed by atoms with E-state index in [1.165, 1.54) is 5.69 Å². The third kappa shape index (κ3) is 2.24. The standard InChI is InChI=1S/C16H18N2O/c1-12-11-13(7-8-14(12)17)18-9-4-10-19-16-6-3-2-5-15(16)18/h2-3,5-8,11H,4,9-10,17H2,1H3. The van der Waals surface area contributed by atoms with Gasteiger partial charge in [0.1, 0.15) is 5.75 Å². The summed E-state index contributed by atoms with van der Waals surface area (Å²) in [4.78, 5) is 2.30. The van der Waals surface area contributed by atoms with Gasteiger partial charge in [0, 0.05) is 17.9 Å². The van der Waals surface area contributed by atoms with Crippen molar-refractivity contribution in [3.63, 3.8) is 0 Å². The fraction of sp³-hybridized carbons (Fsp3) is 0.250. The highest BCUT2D eigenvalue weighted by Gasteiger charge is 2.17. The van der Waals surface area contributed by atoms with Crippen LogP contribution in [0.5, 0.6) is 5.75 Å². The van der Waals surface area contributed by atoms with E-state index in [1.54, 1.807) is 0 Å². The molecule has 0 saturated carbocycles. The lowest BCUT2D eigenvalue weighted by Crippen LogP contribution is -2.17. The molecule has 1 heterocycles. The smallest absolute Gasteiger partial charge is 0.142 e. The van der Waals surface area contributed by atoms with Gasteiger partial charge in [0.15, 0.2) is 0 Å². The number of aryl methyl sites for hydroxylation is 1. The summed E-state index contributed by atoms with van der Waals surface area (Å²) in [6.07, 6.45) is 1.01. The van der Waals surface area contributed by atoms with Crippen LogP contribution in [0.1, 0.15) is 12.0 Å². The van der Waals surface area contributed by atoms with Crippen LogP contribution in [0.3, 0.4) is 0 Å². The summed E-state index contributed by atoms with van der Waals surface area (Å²) in [6, 6.07) is 14.4. The Labute approximate surface area is 113 Å². The van der Waals surface area contributed by atoms with Crippen LogP contribution in [0.25, 0.3) is 0 Å². The van der Waals surface area contributed by atoms with Gasteiger partial charge in [-0.1, -0.05) is 12.1 Å². The van der Waals surface area contributed by atoms with Gasteiger partial charge in [-0.25, -0.2) is 0 Å². The lowest BCUT2D eigenvalue weighted by atomic mass is 10.1. The number of anilines is 3. The lowest BCUT2D eigenvalue weighted by Gasteiger charge is -2.24. The van der Waals surface area contributed by atoms with Gasteiger partial charge in [0.25, 0.3) is 0 Å². The second-order valence-corrected chi connectivity index (χ2v) is 4.86. The number of nitrogens with two attached hydrogens (primary N) is 1. The van der Waals surface area contributed by atoms with Gasteiger partial charge in [-0.2, -0.15) is 0 Å². The molecule has 3 nitrogen and oxygen atoms in total. The van der Waals surface area contributed by atoms with E-state index in [2.05, 4.69) is 23.1 Å². The molecule has 0 radical (unpaired) electrons. The molecule has 0 bridgehead atoms. The summed E-state index contributed by atoms with van der Waals surface area (Å²) in [5.74, 6) is 0.953. The average Bonchev–Trinajstić information content (AvgIpc) is 2.64. The maximum absolute atomic E-state index is 5.90. The minimum Gasteiger partial charge on any atom is -0.491 e. The summed E-state index contributed by atoms with van der Waals surface area (Å²) in [5, 5.41) is 0. The van der Waals surface area contributed by atoms with E-state index in [-0.39, 0.29) is 0 Å². The largest absolute Gasteiger partial charge is 0.491 e. The topological polar surface area (TPSA) is 38.5 Å². The molecule has 0 spiro atoms. The zero-order valence-electron chi connectivity index (χ0n) is 11.1. The number of nitrogen functional groups attached to an aromatic ring is 1. The van der Waals surface area contributed by atoms with Crippen molar-refractivity contribution in [3.05, 3.63) is 48.0 Å². The van der Waals surface area contributed by atoms with E-state index in [4.69, 9.17) is 10.5 Å². The quantitative estimate of drug-likeness (QED) is 0.792. The molecule has 0 fully saturated rings. The predicted octanol–water partition coefficient (Wildman–Crippen LogP) is 3.50. The van der Waals surface area contributed by atoms with Crippen molar-refractivity contribution in [2.45, 2.75) is 13.3 Å². The van der Waals surface area contributed by atoms with E-state index in [0.717, 1.165) is 42.3 Å². The average molecular weight is 254 g/mol. The minimum atomic E-state index is 0.765. The third-order valence-corrected chi connectivity index (χ3v) is 3.50. The zero-order chi connectivity index (χ0) is 13.2. The Bertz CT molecular complexity index is 595. The normalized spacial score (nSPS) is 14.5. The SMILES string of the molecule is Cc1cc(N2CCCOc3ccccc32)ccc1N. The van der Waals surface area contributed by atoms with Crippen molar-refractivity contribution in [1.29, 1.82) is 0 Å². The first-order valence-electron chi connectivity index (χ1n) is 6.61. The van der Waals surface area contributed by atoms with Crippen LogP contribution < -0.4 is 15.4 Å². The number of rotatable bonds is 1. The molecule has 3 heteroatoms. The third-order valence-electron chi connectivity index (χ3n) is 3.50. The van der Waals surface area contributed by atoms with Crippen LogP contribution in [0.2, 0.25) is 0 Å². The number of ether oxygens (including phenoxy) is 1. The van der Waals surface area contributed by atoms with Crippen molar-refractivity contribution in [2.75, 3.05) is 23.8 Å². The van der Waals surface area contributed by atoms with E-state index < -0.39 is 0 Å². The molecular weight excluding hydrogens is 236 g/mol. The predicted molar refractivity (Wildman–Crippen MR) is 79.2 cm³/mol. The minimum absolute atomic E-state index is 0.765. The highest BCUT2D eigenvalue weighted by Crippen LogP contribution is 2.36. The Morgan fingerprint density at radius 3 is 2.84 bits per heavy atom. The Hall–Kier alpha value is -2.16. The second kappa shape index (κ2) is 4.84. The molecule has 0 aromatic heterocycles. The number of benzene rings is 2. The summed E-state index contributed by atoms with van der Waals surface area (Å²) in [7, 11) is 0. The van der Waals surface area contributed by atoms with Gasteiger partial charge in [-0.15, -0.1) is 0 Å². The van der Waals surface area contributed by atoms with Gasteiger partial charge in [0.2, 0.25) is 0 Å². The highest BCUT2D eigenvalue weighted by molar-refractivity contribution is 5.71. The number of hydrogen-bond acceptors (Lipinski definition) is 3. The Kier molecular flexibility index (Phi) is 3.03. The zero-order valence-corrected chi connectivity index (χ0v) is 11.1. The first kappa shape index (κ1) is 11.9.